The number of hydrogen-bond donors (Lipinski definition) is 1. The van der Waals surface area contributed by atoms with Crippen molar-refractivity contribution in [2.45, 2.75) is 50.4 Å². The second-order valence-electron chi connectivity index (χ2n) is 6.31. The molecule has 0 aromatic heterocycles. The van der Waals surface area contributed by atoms with Crippen LogP contribution in [-0.4, -0.2) is 11.1 Å². The van der Waals surface area contributed by atoms with Gasteiger partial charge in [-0.1, -0.05) is 31.4 Å². The molecule has 0 bridgehead atoms. The first-order chi connectivity index (χ1) is 9.06. The number of halogens is 1. The molecule has 1 aromatic carbocycles. The Hall–Kier alpha value is -1.38. The fourth-order valence-electron chi connectivity index (χ4n) is 4.15. The van der Waals surface area contributed by atoms with E-state index in [1.165, 1.54) is 31.4 Å². The van der Waals surface area contributed by atoms with E-state index in [2.05, 4.69) is 0 Å². The molecule has 1 aromatic rings. The minimum atomic E-state index is -0.848. The van der Waals surface area contributed by atoms with E-state index in [0.717, 1.165) is 12.8 Å². The monoisotopic (exact) mass is 262 g/mol. The summed E-state index contributed by atoms with van der Waals surface area (Å²) in [5.74, 6) is -1.14. The summed E-state index contributed by atoms with van der Waals surface area (Å²) >= 11 is 0. The maximum Gasteiger partial charge on any atom is 0.314 e. The van der Waals surface area contributed by atoms with Gasteiger partial charge in [-0.3, -0.25) is 4.79 Å². The SMILES string of the molecule is O=C(O)C1(c2cccc(F)c2)CC2(CCCCC2)C1. The number of carboxylic acid groups (broad SMARTS) is 1. The molecule has 1 N–H and O–H groups in total. The average Bonchev–Trinajstić information content (AvgIpc) is 2.36. The lowest BCUT2D eigenvalue weighted by Crippen LogP contribution is -2.55. The second kappa shape index (κ2) is 4.32. The number of carboxylic acids is 1. The summed E-state index contributed by atoms with van der Waals surface area (Å²) in [6.45, 7) is 0. The summed E-state index contributed by atoms with van der Waals surface area (Å²) in [4.78, 5) is 11.7. The van der Waals surface area contributed by atoms with Crippen molar-refractivity contribution in [3.63, 3.8) is 0 Å². The van der Waals surface area contributed by atoms with Crippen LogP contribution in [0.5, 0.6) is 0 Å². The van der Waals surface area contributed by atoms with Crippen LogP contribution in [-0.2, 0) is 10.2 Å². The Morgan fingerprint density at radius 2 is 1.84 bits per heavy atom. The van der Waals surface area contributed by atoms with Gasteiger partial charge in [-0.15, -0.1) is 0 Å². The molecule has 0 saturated heterocycles. The summed E-state index contributed by atoms with van der Waals surface area (Å²) in [6.07, 6.45) is 7.31. The summed E-state index contributed by atoms with van der Waals surface area (Å²) in [7, 11) is 0. The van der Waals surface area contributed by atoms with Crippen molar-refractivity contribution in [1.29, 1.82) is 0 Å². The molecular weight excluding hydrogens is 243 g/mol. The van der Waals surface area contributed by atoms with Gasteiger partial charge in [0.05, 0.1) is 5.41 Å². The lowest BCUT2D eigenvalue weighted by atomic mass is 9.46. The molecule has 3 heteroatoms. The van der Waals surface area contributed by atoms with Gasteiger partial charge in [-0.25, -0.2) is 4.39 Å². The molecule has 0 radical (unpaired) electrons. The number of carbonyl (C=O) groups is 1. The fraction of sp³-hybridized carbons (Fsp3) is 0.562. The van der Waals surface area contributed by atoms with E-state index in [-0.39, 0.29) is 11.2 Å². The molecule has 3 rings (SSSR count). The van der Waals surface area contributed by atoms with Crippen molar-refractivity contribution in [3.05, 3.63) is 35.6 Å². The molecule has 19 heavy (non-hydrogen) atoms. The molecule has 0 amide bonds. The van der Waals surface area contributed by atoms with Crippen LogP contribution in [0.4, 0.5) is 4.39 Å². The van der Waals surface area contributed by atoms with Crippen LogP contribution >= 0.6 is 0 Å². The lowest BCUT2D eigenvalue weighted by molar-refractivity contribution is -0.156. The Bertz CT molecular complexity index is 495. The normalized spacial score (nSPS) is 23.8. The molecule has 2 aliphatic carbocycles. The highest BCUT2D eigenvalue weighted by molar-refractivity contribution is 5.83. The predicted molar refractivity (Wildman–Crippen MR) is 70.5 cm³/mol. The molecule has 0 atom stereocenters. The van der Waals surface area contributed by atoms with Crippen LogP contribution in [0.25, 0.3) is 0 Å². The van der Waals surface area contributed by atoms with Crippen molar-refractivity contribution in [2.24, 2.45) is 5.41 Å². The molecule has 2 aliphatic rings. The summed E-state index contributed by atoms with van der Waals surface area (Å²) < 4.78 is 13.4. The van der Waals surface area contributed by atoms with E-state index in [1.807, 2.05) is 0 Å². The van der Waals surface area contributed by atoms with Crippen LogP contribution in [0.2, 0.25) is 0 Å². The highest BCUT2D eigenvalue weighted by atomic mass is 19.1. The van der Waals surface area contributed by atoms with Crippen LogP contribution < -0.4 is 0 Å². The third-order valence-corrected chi connectivity index (χ3v) is 5.05. The zero-order chi connectivity index (χ0) is 13.5. The Kier molecular flexibility index (Phi) is 2.88. The largest absolute Gasteiger partial charge is 0.481 e. The molecule has 0 unspecified atom stereocenters. The maximum absolute atomic E-state index is 13.4. The molecule has 2 nitrogen and oxygen atoms in total. The van der Waals surface area contributed by atoms with Gasteiger partial charge in [0, 0.05) is 0 Å². The summed E-state index contributed by atoms with van der Waals surface area (Å²) in [6, 6.07) is 6.13. The fourth-order valence-corrected chi connectivity index (χ4v) is 4.15. The lowest BCUT2D eigenvalue weighted by Gasteiger charge is -2.56. The van der Waals surface area contributed by atoms with Gasteiger partial charge in [-0.2, -0.15) is 0 Å². The molecular formula is C16H19FO2. The highest BCUT2D eigenvalue weighted by Crippen LogP contribution is 2.62. The third-order valence-electron chi connectivity index (χ3n) is 5.05. The molecule has 102 valence electrons. The zero-order valence-electron chi connectivity index (χ0n) is 11.0. The van der Waals surface area contributed by atoms with Crippen molar-refractivity contribution >= 4 is 5.97 Å². The number of rotatable bonds is 2. The first-order valence-corrected chi connectivity index (χ1v) is 7.06. The molecule has 0 aliphatic heterocycles. The summed E-state index contributed by atoms with van der Waals surface area (Å²) in [5, 5.41) is 9.62. The van der Waals surface area contributed by atoms with Crippen LogP contribution in [0.3, 0.4) is 0 Å². The van der Waals surface area contributed by atoms with E-state index in [0.29, 0.717) is 18.4 Å². The van der Waals surface area contributed by atoms with Crippen LogP contribution in [0.15, 0.2) is 24.3 Å². The van der Waals surface area contributed by atoms with Gasteiger partial charge in [0.2, 0.25) is 0 Å². The Morgan fingerprint density at radius 1 is 1.16 bits per heavy atom. The minimum absolute atomic E-state index is 0.211. The number of benzene rings is 1. The second-order valence-corrected chi connectivity index (χ2v) is 6.31. The Balaban J connectivity index is 1.89. The quantitative estimate of drug-likeness (QED) is 0.877. The minimum Gasteiger partial charge on any atom is -0.481 e. The smallest absolute Gasteiger partial charge is 0.314 e. The first kappa shape index (κ1) is 12.6. The highest BCUT2D eigenvalue weighted by Gasteiger charge is 2.59. The number of aliphatic carboxylic acids is 1. The zero-order valence-corrected chi connectivity index (χ0v) is 11.0. The first-order valence-electron chi connectivity index (χ1n) is 7.06. The van der Waals surface area contributed by atoms with Gasteiger partial charge in [0.15, 0.2) is 0 Å². The van der Waals surface area contributed by atoms with Crippen molar-refractivity contribution in [2.75, 3.05) is 0 Å². The molecule has 2 saturated carbocycles. The van der Waals surface area contributed by atoms with Crippen molar-refractivity contribution < 1.29 is 14.3 Å². The standard InChI is InChI=1S/C16H19FO2/c17-13-6-4-5-12(9-13)16(14(18)19)10-15(11-16)7-2-1-3-8-15/h4-6,9H,1-3,7-8,10-11H2,(H,18,19). The van der Waals surface area contributed by atoms with Gasteiger partial charge in [0.25, 0.3) is 0 Å². The van der Waals surface area contributed by atoms with Crippen LogP contribution in [0, 0.1) is 11.2 Å². The topological polar surface area (TPSA) is 37.3 Å². The van der Waals surface area contributed by atoms with Crippen molar-refractivity contribution in [1.82, 2.24) is 0 Å². The van der Waals surface area contributed by atoms with E-state index >= 15 is 0 Å². The Morgan fingerprint density at radius 3 is 2.42 bits per heavy atom. The van der Waals surface area contributed by atoms with E-state index in [1.54, 1.807) is 12.1 Å². The van der Waals surface area contributed by atoms with Gasteiger partial charge in [0.1, 0.15) is 5.82 Å². The van der Waals surface area contributed by atoms with Gasteiger partial charge in [-0.05, 0) is 48.8 Å². The Labute approximate surface area is 112 Å². The molecule has 2 fully saturated rings. The predicted octanol–water partition coefficient (Wildman–Crippen LogP) is 3.89. The maximum atomic E-state index is 13.4. The third kappa shape index (κ3) is 1.96. The molecule has 0 heterocycles. The van der Waals surface area contributed by atoms with E-state index in [9.17, 15) is 14.3 Å². The van der Waals surface area contributed by atoms with Crippen molar-refractivity contribution in [3.8, 4) is 0 Å². The molecule has 1 spiro atoms. The average molecular weight is 262 g/mol. The van der Waals surface area contributed by atoms with Gasteiger partial charge >= 0.3 is 5.97 Å². The summed E-state index contributed by atoms with van der Waals surface area (Å²) in [5.41, 5.74) is -0.00114. The van der Waals surface area contributed by atoms with E-state index in [4.69, 9.17) is 0 Å². The van der Waals surface area contributed by atoms with Crippen LogP contribution in [0.1, 0.15) is 50.5 Å². The van der Waals surface area contributed by atoms with E-state index < -0.39 is 11.4 Å². The van der Waals surface area contributed by atoms with Gasteiger partial charge < -0.3 is 5.11 Å². The number of hydrogen-bond acceptors (Lipinski definition) is 1.